The molecule has 13 heteroatoms. The van der Waals surface area contributed by atoms with E-state index in [9.17, 15) is 10.2 Å². The van der Waals surface area contributed by atoms with Crippen molar-refractivity contribution in [3.05, 3.63) is 108 Å². The lowest BCUT2D eigenvalue weighted by Gasteiger charge is -2.52. The smallest absolute Gasteiger partial charge is 0.0944 e. The van der Waals surface area contributed by atoms with Crippen LogP contribution in [0.4, 0.5) is 0 Å². The molecule has 0 amide bonds. The van der Waals surface area contributed by atoms with E-state index in [0.717, 1.165) is 111 Å². The minimum Gasteiger partial charge on any atom is -0.392 e. The van der Waals surface area contributed by atoms with E-state index in [2.05, 4.69) is 138 Å². The number of halogens is 2. The van der Waals surface area contributed by atoms with Crippen LogP contribution in [0, 0.1) is 5.41 Å². The van der Waals surface area contributed by atoms with Gasteiger partial charge in [0.15, 0.2) is 0 Å². The predicted molar refractivity (Wildman–Crippen MR) is 265 cm³/mol. The summed E-state index contributed by atoms with van der Waals surface area (Å²) >= 11 is 11.0. The van der Waals surface area contributed by atoms with Crippen LogP contribution in [0.15, 0.2) is 91.0 Å². The number of hydrogen-bond donors (Lipinski definition) is 3. The summed E-state index contributed by atoms with van der Waals surface area (Å²) in [7, 11) is 0. The van der Waals surface area contributed by atoms with Crippen molar-refractivity contribution in [3.63, 3.8) is 0 Å². The minimum absolute atomic E-state index is 0.0193. The molecule has 5 fully saturated rings. The summed E-state index contributed by atoms with van der Waals surface area (Å²) in [6.07, 6.45) is 2.00. The molecule has 0 saturated carbocycles. The second-order valence-electron chi connectivity index (χ2n) is 20.2. The van der Waals surface area contributed by atoms with Gasteiger partial charge in [-0.25, -0.2) is 0 Å². The normalized spacial score (nSPS) is 24.2. The maximum Gasteiger partial charge on any atom is 0.0944 e. The van der Waals surface area contributed by atoms with Crippen molar-refractivity contribution in [2.24, 2.45) is 11.1 Å². The van der Waals surface area contributed by atoms with Gasteiger partial charge >= 0.3 is 0 Å². The Bertz CT molecular complexity index is 1730. The molecule has 5 unspecified atom stereocenters. The first-order valence-corrected chi connectivity index (χ1v) is 24.9. The van der Waals surface area contributed by atoms with E-state index in [4.69, 9.17) is 47.9 Å². The van der Waals surface area contributed by atoms with E-state index in [1.165, 1.54) is 16.7 Å². The van der Waals surface area contributed by atoms with Gasteiger partial charge in [0.05, 0.1) is 68.9 Å². The first kappa shape index (κ1) is 53.8. The van der Waals surface area contributed by atoms with E-state index in [1.807, 2.05) is 13.8 Å². The Morgan fingerprint density at radius 2 is 1.02 bits per heavy atom. The number of nitrogens with zero attached hydrogens (tertiary/aromatic N) is 4. The van der Waals surface area contributed by atoms with Crippen molar-refractivity contribution >= 4 is 23.2 Å². The largest absolute Gasteiger partial charge is 0.392 e. The van der Waals surface area contributed by atoms with Gasteiger partial charge in [-0.05, 0) is 62.6 Å². The van der Waals surface area contributed by atoms with Gasteiger partial charge in [0.25, 0.3) is 0 Å². The third kappa shape index (κ3) is 18.7. The molecule has 0 bridgehead atoms. The number of β-amino-alcohol motifs (C(OH)–C–C–N with tert-alkyl or cyclic N) is 1. The third-order valence-corrected chi connectivity index (χ3v) is 13.9. The monoisotopic (exact) mass is 942 g/mol. The van der Waals surface area contributed by atoms with Crippen molar-refractivity contribution in [1.29, 1.82) is 0 Å². The second-order valence-corrected chi connectivity index (χ2v) is 20.8. The SMILES string of the molecule is CC(C)(C1CN(Cc2ccccc2)CCO1)N1CC(O)C1.CC(C)(CCC(O)CCl)C1CN(Cc2ccccc2)CCO1.CC(C)(N)C1CN(Cc2ccccc2)CCO1.ClCC1CO1. The summed E-state index contributed by atoms with van der Waals surface area (Å²) in [5.74, 6) is 0.974. The second kappa shape index (κ2) is 26.5. The summed E-state index contributed by atoms with van der Waals surface area (Å²) in [4.78, 5) is 9.68. The Hall–Kier alpha value is -2.20. The van der Waals surface area contributed by atoms with Crippen LogP contribution in [-0.2, 0) is 38.6 Å². The fourth-order valence-electron chi connectivity index (χ4n) is 8.48. The summed E-state index contributed by atoms with van der Waals surface area (Å²) in [5, 5.41) is 19.2. The summed E-state index contributed by atoms with van der Waals surface area (Å²) in [6, 6.07) is 31.7. The van der Waals surface area contributed by atoms with Gasteiger partial charge < -0.3 is 34.9 Å². The summed E-state index contributed by atoms with van der Waals surface area (Å²) in [5.41, 5.74) is 9.92. The Morgan fingerprint density at radius 3 is 1.38 bits per heavy atom. The molecule has 11 nitrogen and oxygen atoms in total. The maximum atomic E-state index is 9.68. The molecule has 0 aliphatic carbocycles. The van der Waals surface area contributed by atoms with Crippen molar-refractivity contribution in [2.45, 2.75) is 122 Å². The number of nitrogens with two attached hydrogens (primary N) is 1. The summed E-state index contributed by atoms with van der Waals surface area (Å²) in [6.45, 7) is 26.4. The number of likely N-dealkylation sites (tertiary alicyclic amines) is 1. The molecule has 5 aliphatic rings. The van der Waals surface area contributed by atoms with E-state index in [1.54, 1.807) is 0 Å². The van der Waals surface area contributed by atoms with Gasteiger partial charge in [0, 0.05) is 89.0 Å². The van der Waals surface area contributed by atoms with Gasteiger partial charge in [-0.1, -0.05) is 105 Å². The number of alkyl halides is 2. The Labute approximate surface area is 401 Å². The predicted octanol–water partition coefficient (Wildman–Crippen LogP) is 6.88. The molecule has 5 aliphatic heterocycles. The zero-order valence-corrected chi connectivity index (χ0v) is 41.7. The molecule has 0 radical (unpaired) electrons. The zero-order chi connectivity index (χ0) is 46.9. The number of hydrogen-bond acceptors (Lipinski definition) is 11. The molecule has 364 valence electrons. The quantitative estimate of drug-likeness (QED) is 0.109. The molecule has 3 aromatic rings. The summed E-state index contributed by atoms with van der Waals surface area (Å²) < 4.78 is 22.5. The average molecular weight is 943 g/mol. The number of rotatable bonds is 15. The lowest BCUT2D eigenvalue weighted by molar-refractivity contribution is -0.144. The van der Waals surface area contributed by atoms with E-state index in [0.29, 0.717) is 17.9 Å². The Kier molecular flexibility index (Phi) is 21.9. The molecule has 4 N–H and O–H groups in total. The van der Waals surface area contributed by atoms with Crippen LogP contribution in [0.2, 0.25) is 0 Å². The molecule has 5 saturated heterocycles. The highest BCUT2D eigenvalue weighted by molar-refractivity contribution is 6.18. The number of ether oxygens (including phenoxy) is 4. The number of epoxide rings is 1. The van der Waals surface area contributed by atoms with Gasteiger partial charge in [0.2, 0.25) is 0 Å². The van der Waals surface area contributed by atoms with E-state index >= 15 is 0 Å². The number of morpholine rings is 3. The third-order valence-electron chi connectivity index (χ3n) is 13.2. The van der Waals surface area contributed by atoms with Crippen molar-refractivity contribution in [1.82, 2.24) is 19.6 Å². The lowest BCUT2D eigenvalue weighted by Crippen LogP contribution is -2.67. The van der Waals surface area contributed by atoms with Gasteiger partial charge in [0.1, 0.15) is 0 Å². The van der Waals surface area contributed by atoms with Gasteiger partial charge in [-0.3, -0.25) is 19.6 Å². The van der Waals surface area contributed by atoms with E-state index in [-0.39, 0.29) is 40.9 Å². The molecular formula is C52H81Cl2N5O6. The maximum absolute atomic E-state index is 9.68. The molecular weight excluding hydrogens is 862 g/mol. The molecule has 5 atom stereocenters. The fourth-order valence-corrected chi connectivity index (χ4v) is 8.81. The highest BCUT2D eigenvalue weighted by Crippen LogP contribution is 2.33. The average Bonchev–Trinajstić information content (AvgIpc) is 4.14. The van der Waals surface area contributed by atoms with Crippen LogP contribution >= 0.6 is 23.2 Å². The standard InChI is InChI=1S/C18H28ClNO2.C17H26N2O2.C14H22N2O.C3H5ClO/c1-18(2,9-8-16(21)12-19)17-14-20(10-11-22-17)13-15-6-4-3-5-7-15;1-17(2,19-11-15(20)12-19)16-13-18(8-9-21-16)10-14-6-4-3-5-7-14;1-14(2,15)13-11-16(8-9-17-13)10-12-6-4-3-5-7-12;4-1-3-2-5-3/h3-7,16-17,21H,8-14H2,1-2H3;3-7,15-16,20H,8-13H2,1-2H3;3-7,13H,8-11,15H2,1-2H3;3H,1-2H2. The van der Waals surface area contributed by atoms with Crippen LogP contribution in [0.1, 0.15) is 71.1 Å². The van der Waals surface area contributed by atoms with Crippen LogP contribution in [0.3, 0.4) is 0 Å². The van der Waals surface area contributed by atoms with E-state index < -0.39 is 6.10 Å². The lowest BCUT2D eigenvalue weighted by atomic mass is 9.80. The number of benzene rings is 3. The molecule has 0 aromatic heterocycles. The zero-order valence-electron chi connectivity index (χ0n) is 40.2. The van der Waals surface area contributed by atoms with Gasteiger partial charge in [-0.2, -0.15) is 0 Å². The first-order valence-electron chi connectivity index (χ1n) is 23.8. The highest BCUT2D eigenvalue weighted by atomic mass is 35.5. The fraction of sp³-hybridized carbons (Fsp3) is 0.654. The van der Waals surface area contributed by atoms with Gasteiger partial charge in [-0.15, -0.1) is 23.2 Å². The Morgan fingerprint density at radius 1 is 0.615 bits per heavy atom. The molecule has 8 rings (SSSR count). The van der Waals surface area contributed by atoms with Crippen molar-refractivity contribution in [2.75, 3.05) is 90.5 Å². The van der Waals surface area contributed by atoms with Crippen molar-refractivity contribution < 1.29 is 29.2 Å². The first-order chi connectivity index (χ1) is 31.0. The minimum atomic E-state index is -0.412. The molecule has 65 heavy (non-hydrogen) atoms. The molecule has 3 aromatic carbocycles. The number of aliphatic hydroxyl groups is 2. The molecule has 0 spiro atoms. The van der Waals surface area contributed by atoms with Crippen LogP contribution in [0.25, 0.3) is 0 Å². The van der Waals surface area contributed by atoms with Crippen LogP contribution in [0.5, 0.6) is 0 Å². The highest BCUT2D eigenvalue weighted by Gasteiger charge is 2.44. The van der Waals surface area contributed by atoms with Crippen LogP contribution in [-0.4, -0.2) is 168 Å². The van der Waals surface area contributed by atoms with Crippen molar-refractivity contribution in [3.8, 4) is 0 Å². The molecule has 5 heterocycles. The number of aliphatic hydroxyl groups excluding tert-OH is 2. The Balaban J connectivity index is 0.000000174. The topological polar surface area (TPSA) is 120 Å². The van der Waals surface area contributed by atoms with Crippen LogP contribution < -0.4 is 5.73 Å².